The highest BCUT2D eigenvalue weighted by Crippen LogP contribution is 2.32. The molecule has 142 valence electrons. The van der Waals surface area contributed by atoms with Crippen molar-refractivity contribution in [1.29, 1.82) is 0 Å². The summed E-state index contributed by atoms with van der Waals surface area (Å²) in [6.45, 7) is 1.69. The minimum Gasteiger partial charge on any atom is -0.505 e. The highest BCUT2D eigenvalue weighted by Gasteiger charge is 2.10. The molecular weight excluding hydrogens is 399 g/mol. The molecule has 3 aromatic rings. The Hall–Kier alpha value is -3.02. The van der Waals surface area contributed by atoms with Gasteiger partial charge >= 0.3 is 0 Å². The molecule has 0 aliphatic carbocycles. The molecule has 0 fully saturated rings. The number of hydrogen-bond acceptors (Lipinski definition) is 4. The van der Waals surface area contributed by atoms with Gasteiger partial charge in [-0.2, -0.15) is 5.10 Å². The van der Waals surface area contributed by atoms with Crippen LogP contribution in [0.15, 0.2) is 71.8 Å². The zero-order valence-corrected chi connectivity index (χ0v) is 16.3. The fourth-order valence-corrected chi connectivity index (χ4v) is 2.85. The Labute approximate surface area is 172 Å². The van der Waals surface area contributed by atoms with Crippen molar-refractivity contribution in [2.45, 2.75) is 6.92 Å². The number of nitrogens with zero attached hydrogens (tertiary/aromatic N) is 1. The summed E-state index contributed by atoms with van der Waals surface area (Å²) in [7, 11) is 0. The van der Waals surface area contributed by atoms with Crippen LogP contribution in [-0.2, 0) is 0 Å². The van der Waals surface area contributed by atoms with Gasteiger partial charge in [0.1, 0.15) is 11.5 Å². The number of amides is 1. The van der Waals surface area contributed by atoms with E-state index in [4.69, 9.17) is 27.9 Å². The Kier molecular flexibility index (Phi) is 6.19. The molecule has 0 aromatic heterocycles. The van der Waals surface area contributed by atoms with Crippen molar-refractivity contribution in [3.8, 4) is 17.2 Å². The number of carbonyl (C=O) groups is 1. The van der Waals surface area contributed by atoms with Gasteiger partial charge < -0.3 is 9.84 Å². The average Bonchev–Trinajstić information content (AvgIpc) is 2.70. The Balaban J connectivity index is 1.72. The maximum Gasteiger partial charge on any atom is 0.271 e. The predicted octanol–water partition coefficient (Wildman–Crippen LogP) is 5.65. The van der Waals surface area contributed by atoms with E-state index in [2.05, 4.69) is 10.5 Å². The summed E-state index contributed by atoms with van der Waals surface area (Å²) >= 11 is 11.8. The van der Waals surface area contributed by atoms with Crippen LogP contribution in [0.3, 0.4) is 0 Å². The summed E-state index contributed by atoms with van der Waals surface area (Å²) < 4.78 is 5.73. The standard InChI is InChI=1S/C21H16Cl2N2O3/c1-13(15-11-18(22)20(26)19(23)12-15)24-25-21(27)14-6-5-9-17(10-14)28-16-7-3-2-4-8-16/h2-12,26H,1H3,(H,25,27)/b24-13-. The molecule has 28 heavy (non-hydrogen) atoms. The van der Waals surface area contributed by atoms with Crippen LogP contribution >= 0.6 is 23.2 Å². The van der Waals surface area contributed by atoms with Crippen molar-refractivity contribution in [3.63, 3.8) is 0 Å². The van der Waals surface area contributed by atoms with E-state index in [9.17, 15) is 9.90 Å². The summed E-state index contributed by atoms with van der Waals surface area (Å²) in [5.74, 6) is 0.625. The molecule has 0 radical (unpaired) electrons. The number of halogens is 2. The molecule has 7 heteroatoms. The van der Waals surface area contributed by atoms with Gasteiger partial charge in [0.15, 0.2) is 5.75 Å². The average molecular weight is 415 g/mol. The molecule has 3 rings (SSSR count). The molecule has 2 N–H and O–H groups in total. The van der Waals surface area contributed by atoms with Crippen LogP contribution in [0.1, 0.15) is 22.8 Å². The van der Waals surface area contributed by atoms with Crippen LogP contribution in [0.25, 0.3) is 0 Å². The highest BCUT2D eigenvalue weighted by atomic mass is 35.5. The Morgan fingerprint density at radius 2 is 1.57 bits per heavy atom. The summed E-state index contributed by atoms with van der Waals surface area (Å²) in [5, 5.41) is 13.9. The fourth-order valence-electron chi connectivity index (χ4n) is 2.36. The van der Waals surface area contributed by atoms with Gasteiger partial charge in [-0.3, -0.25) is 4.79 Å². The minimum atomic E-state index is -0.395. The minimum absolute atomic E-state index is 0.106. The molecule has 3 aromatic carbocycles. The summed E-state index contributed by atoms with van der Waals surface area (Å²) in [5.41, 5.74) is 3.94. The van der Waals surface area contributed by atoms with Crippen molar-refractivity contribution in [2.75, 3.05) is 0 Å². The largest absolute Gasteiger partial charge is 0.505 e. The number of hydrazone groups is 1. The maximum absolute atomic E-state index is 12.4. The lowest BCUT2D eigenvalue weighted by molar-refractivity contribution is 0.0954. The lowest BCUT2D eigenvalue weighted by Gasteiger charge is -2.08. The predicted molar refractivity (Wildman–Crippen MR) is 111 cm³/mol. The van der Waals surface area contributed by atoms with E-state index in [1.54, 1.807) is 31.2 Å². The molecule has 0 heterocycles. The second kappa shape index (κ2) is 8.78. The normalized spacial score (nSPS) is 11.2. The zero-order chi connectivity index (χ0) is 20.1. The van der Waals surface area contributed by atoms with Crippen molar-refractivity contribution in [2.24, 2.45) is 5.10 Å². The van der Waals surface area contributed by atoms with Gasteiger partial charge in [-0.15, -0.1) is 0 Å². The van der Waals surface area contributed by atoms with E-state index in [-0.39, 0.29) is 15.8 Å². The van der Waals surface area contributed by atoms with E-state index >= 15 is 0 Å². The topological polar surface area (TPSA) is 70.9 Å². The van der Waals surface area contributed by atoms with Crippen LogP contribution < -0.4 is 10.2 Å². The van der Waals surface area contributed by atoms with Crippen LogP contribution in [0, 0.1) is 0 Å². The summed E-state index contributed by atoms with van der Waals surface area (Å²) in [6, 6.07) is 19.1. The van der Waals surface area contributed by atoms with Crippen LogP contribution in [-0.4, -0.2) is 16.7 Å². The van der Waals surface area contributed by atoms with E-state index in [0.29, 0.717) is 28.3 Å². The van der Waals surface area contributed by atoms with E-state index in [1.807, 2.05) is 30.3 Å². The molecule has 0 spiro atoms. The van der Waals surface area contributed by atoms with Crippen LogP contribution in [0.4, 0.5) is 0 Å². The third kappa shape index (κ3) is 4.82. The number of ether oxygens (including phenoxy) is 1. The van der Waals surface area contributed by atoms with Crippen LogP contribution in [0.2, 0.25) is 10.0 Å². The number of rotatable bonds is 5. The van der Waals surface area contributed by atoms with E-state index in [0.717, 1.165) is 0 Å². The second-order valence-corrected chi connectivity index (χ2v) is 6.68. The number of nitrogens with one attached hydrogen (secondary N) is 1. The third-order valence-electron chi connectivity index (χ3n) is 3.83. The molecule has 0 aliphatic heterocycles. The number of carbonyl (C=O) groups excluding carboxylic acids is 1. The molecule has 0 saturated carbocycles. The lowest BCUT2D eigenvalue weighted by atomic mass is 10.1. The number of phenols is 1. The van der Waals surface area contributed by atoms with E-state index in [1.165, 1.54) is 12.1 Å². The number of benzene rings is 3. The molecular formula is C21H16Cl2N2O3. The first-order chi connectivity index (χ1) is 13.4. The van der Waals surface area contributed by atoms with Crippen molar-refractivity contribution >= 4 is 34.8 Å². The zero-order valence-electron chi connectivity index (χ0n) is 14.8. The monoisotopic (exact) mass is 414 g/mol. The SMILES string of the molecule is C/C(=N/NC(=O)c1cccc(Oc2ccccc2)c1)c1cc(Cl)c(O)c(Cl)c1. The van der Waals surface area contributed by atoms with Crippen molar-refractivity contribution in [3.05, 3.63) is 87.9 Å². The fraction of sp³-hybridized carbons (Fsp3) is 0.0476. The molecule has 5 nitrogen and oxygen atoms in total. The first kappa shape index (κ1) is 19.7. The quantitative estimate of drug-likeness (QED) is 0.418. The second-order valence-electron chi connectivity index (χ2n) is 5.87. The molecule has 0 atom stereocenters. The Bertz CT molecular complexity index is 1010. The maximum atomic E-state index is 12.4. The van der Waals surface area contributed by atoms with Gasteiger partial charge in [-0.1, -0.05) is 47.5 Å². The van der Waals surface area contributed by atoms with Gasteiger partial charge in [-0.05, 0) is 49.4 Å². The van der Waals surface area contributed by atoms with Gasteiger partial charge in [0.25, 0.3) is 5.91 Å². The van der Waals surface area contributed by atoms with E-state index < -0.39 is 5.91 Å². The van der Waals surface area contributed by atoms with Gasteiger partial charge in [0, 0.05) is 11.1 Å². The molecule has 0 bridgehead atoms. The van der Waals surface area contributed by atoms with Crippen molar-refractivity contribution in [1.82, 2.24) is 5.43 Å². The summed E-state index contributed by atoms with van der Waals surface area (Å²) in [4.78, 5) is 12.4. The molecule has 0 aliphatic rings. The smallest absolute Gasteiger partial charge is 0.271 e. The number of para-hydroxylation sites is 1. The van der Waals surface area contributed by atoms with Crippen LogP contribution in [0.5, 0.6) is 17.2 Å². The number of aromatic hydroxyl groups is 1. The summed E-state index contributed by atoms with van der Waals surface area (Å²) in [6.07, 6.45) is 0. The highest BCUT2D eigenvalue weighted by molar-refractivity contribution is 6.37. The first-order valence-electron chi connectivity index (χ1n) is 8.30. The molecule has 0 saturated heterocycles. The number of hydrogen-bond donors (Lipinski definition) is 2. The lowest BCUT2D eigenvalue weighted by Crippen LogP contribution is -2.19. The van der Waals surface area contributed by atoms with Gasteiger partial charge in [-0.25, -0.2) is 5.43 Å². The van der Waals surface area contributed by atoms with Crippen molar-refractivity contribution < 1.29 is 14.6 Å². The van der Waals surface area contributed by atoms with Gasteiger partial charge in [0.05, 0.1) is 15.8 Å². The first-order valence-corrected chi connectivity index (χ1v) is 9.05. The van der Waals surface area contributed by atoms with Gasteiger partial charge in [0.2, 0.25) is 0 Å². The Morgan fingerprint density at radius 3 is 2.25 bits per heavy atom. The molecule has 0 unspecified atom stereocenters. The number of phenolic OH excluding ortho intramolecular Hbond substituents is 1. The Morgan fingerprint density at radius 1 is 0.929 bits per heavy atom. The molecule has 1 amide bonds. The third-order valence-corrected chi connectivity index (χ3v) is 4.41.